The Balaban J connectivity index is 1.77. The first-order chi connectivity index (χ1) is 12.2. The van der Waals surface area contributed by atoms with Crippen molar-refractivity contribution in [2.75, 3.05) is 0 Å². The van der Waals surface area contributed by atoms with E-state index in [-0.39, 0.29) is 4.83 Å². The third-order valence-corrected chi connectivity index (χ3v) is 6.33. The highest BCUT2D eigenvalue weighted by atomic mass is 79.9. The maximum absolute atomic E-state index is 11.2. The average Bonchev–Trinajstić information content (AvgIpc) is 3.04. The Bertz CT molecular complexity index is 619. The highest BCUT2D eigenvalue weighted by Crippen LogP contribution is 2.39. The summed E-state index contributed by atoms with van der Waals surface area (Å²) in [5, 5.41) is 0. The molecule has 3 heteroatoms. The van der Waals surface area contributed by atoms with E-state index in [4.69, 9.17) is 0 Å². The summed E-state index contributed by atoms with van der Waals surface area (Å²) >= 11 is 3.57. The molecule has 0 spiro atoms. The molecular weight excluding hydrogens is 374 g/mol. The number of aldehydes is 1. The Kier molecular flexibility index (Phi) is 6.44. The summed E-state index contributed by atoms with van der Waals surface area (Å²) in [5.74, 6) is 0.991. The minimum absolute atomic E-state index is 0.0252. The normalized spacial score (nSPS) is 24.4. The number of hydrogen-bond acceptors (Lipinski definition) is 2. The van der Waals surface area contributed by atoms with Gasteiger partial charge >= 0.3 is 0 Å². The van der Waals surface area contributed by atoms with Crippen LogP contribution in [0.25, 0.3) is 0 Å². The molecule has 132 valence electrons. The molecule has 0 aromatic heterocycles. The van der Waals surface area contributed by atoms with Crippen molar-refractivity contribution in [2.45, 2.75) is 43.7 Å². The van der Waals surface area contributed by atoms with Crippen molar-refractivity contribution in [2.24, 2.45) is 11.8 Å². The molecule has 1 aliphatic carbocycles. The van der Waals surface area contributed by atoms with E-state index in [1.807, 2.05) is 0 Å². The van der Waals surface area contributed by atoms with Gasteiger partial charge in [0.1, 0.15) is 6.29 Å². The molecule has 0 radical (unpaired) electrons. The van der Waals surface area contributed by atoms with Crippen molar-refractivity contribution in [1.82, 2.24) is 4.90 Å². The first-order valence-corrected chi connectivity index (χ1v) is 10.00. The quantitative estimate of drug-likeness (QED) is 0.478. The number of halogens is 1. The van der Waals surface area contributed by atoms with Gasteiger partial charge in [-0.3, -0.25) is 4.90 Å². The van der Waals surface area contributed by atoms with Gasteiger partial charge in [-0.05, 0) is 35.8 Å². The largest absolute Gasteiger partial charge is 0.302 e. The van der Waals surface area contributed by atoms with E-state index in [9.17, 15) is 4.79 Å². The highest BCUT2D eigenvalue weighted by Gasteiger charge is 2.37. The van der Waals surface area contributed by atoms with Gasteiger partial charge in [-0.25, -0.2) is 0 Å². The van der Waals surface area contributed by atoms with Crippen LogP contribution >= 0.6 is 15.9 Å². The zero-order valence-corrected chi connectivity index (χ0v) is 16.3. The lowest BCUT2D eigenvalue weighted by Gasteiger charge is -2.29. The maximum Gasteiger partial charge on any atom is 0.133 e. The molecule has 2 nitrogen and oxygen atoms in total. The van der Waals surface area contributed by atoms with E-state index < -0.39 is 0 Å². The number of carbonyl (C=O) groups excluding carboxylic acids is 1. The lowest BCUT2D eigenvalue weighted by atomic mass is 9.95. The molecule has 1 saturated carbocycles. The van der Waals surface area contributed by atoms with E-state index >= 15 is 0 Å². The molecule has 1 aliphatic rings. The Labute approximate surface area is 159 Å². The van der Waals surface area contributed by atoms with Crippen molar-refractivity contribution in [3.8, 4) is 0 Å². The first kappa shape index (κ1) is 18.3. The molecule has 0 amide bonds. The molecule has 1 fully saturated rings. The van der Waals surface area contributed by atoms with Crippen LogP contribution in [-0.4, -0.2) is 22.1 Å². The van der Waals surface area contributed by atoms with Crippen molar-refractivity contribution in [3.05, 3.63) is 71.8 Å². The fourth-order valence-corrected chi connectivity index (χ4v) is 4.78. The van der Waals surface area contributed by atoms with Crippen LogP contribution in [0.1, 0.15) is 30.9 Å². The second-order valence-electron chi connectivity index (χ2n) is 7.22. The first-order valence-electron chi connectivity index (χ1n) is 9.08. The third kappa shape index (κ3) is 4.80. The summed E-state index contributed by atoms with van der Waals surface area (Å²) < 4.78 is 0. The van der Waals surface area contributed by atoms with Gasteiger partial charge in [0.2, 0.25) is 0 Å². The second-order valence-corrected chi connectivity index (χ2v) is 8.28. The van der Waals surface area contributed by atoms with Crippen molar-refractivity contribution >= 4 is 22.2 Å². The zero-order chi connectivity index (χ0) is 17.6. The minimum Gasteiger partial charge on any atom is -0.302 e. The van der Waals surface area contributed by atoms with E-state index in [1.165, 1.54) is 11.1 Å². The van der Waals surface area contributed by atoms with Crippen LogP contribution in [0.3, 0.4) is 0 Å². The third-order valence-electron chi connectivity index (χ3n) is 5.43. The van der Waals surface area contributed by atoms with E-state index in [0.29, 0.717) is 17.9 Å². The van der Waals surface area contributed by atoms with Gasteiger partial charge in [0, 0.05) is 19.1 Å². The van der Waals surface area contributed by atoms with Crippen molar-refractivity contribution < 1.29 is 4.79 Å². The van der Waals surface area contributed by atoms with E-state index in [2.05, 4.69) is 88.4 Å². The number of carbonyl (C=O) groups is 1. The van der Waals surface area contributed by atoms with Gasteiger partial charge in [0.25, 0.3) is 0 Å². The van der Waals surface area contributed by atoms with Crippen LogP contribution in [0.4, 0.5) is 0 Å². The topological polar surface area (TPSA) is 20.3 Å². The second kappa shape index (κ2) is 8.77. The maximum atomic E-state index is 11.2. The van der Waals surface area contributed by atoms with Crippen LogP contribution < -0.4 is 0 Å². The molecule has 4 unspecified atom stereocenters. The summed E-state index contributed by atoms with van der Waals surface area (Å²) in [7, 11) is 0. The molecule has 0 N–H and O–H groups in total. The van der Waals surface area contributed by atoms with Gasteiger partial charge in [-0.1, -0.05) is 83.5 Å². The molecule has 25 heavy (non-hydrogen) atoms. The number of hydrogen-bond donors (Lipinski definition) is 0. The molecular formula is C22H26BrNO. The van der Waals surface area contributed by atoms with Crippen molar-refractivity contribution in [3.63, 3.8) is 0 Å². The number of alkyl halides is 1. The SMILES string of the molecule is CC1CC(N(Cc2ccccc2)Cc2ccccc2)CC1C(Br)C=O. The minimum atomic E-state index is -0.0252. The zero-order valence-electron chi connectivity index (χ0n) is 14.7. The summed E-state index contributed by atoms with van der Waals surface area (Å²) in [6, 6.07) is 21.9. The Hall–Kier alpha value is -1.45. The summed E-state index contributed by atoms with van der Waals surface area (Å²) in [4.78, 5) is 13.8. The molecule has 0 heterocycles. The smallest absolute Gasteiger partial charge is 0.133 e. The standard InChI is InChI=1S/C22H26BrNO/c1-17-12-20(13-21(17)22(23)16-25)24(14-18-8-4-2-5-9-18)15-19-10-6-3-7-11-19/h2-11,16-17,20-22H,12-15H2,1H3. The lowest BCUT2D eigenvalue weighted by Crippen LogP contribution is -2.33. The molecule has 3 rings (SSSR count). The number of nitrogens with zero attached hydrogens (tertiary/aromatic N) is 1. The number of benzene rings is 2. The molecule has 0 saturated heterocycles. The molecule has 4 atom stereocenters. The fourth-order valence-electron chi connectivity index (χ4n) is 4.04. The molecule has 0 bridgehead atoms. The monoisotopic (exact) mass is 399 g/mol. The summed E-state index contributed by atoms with van der Waals surface area (Å²) in [6.45, 7) is 4.19. The van der Waals surface area contributed by atoms with E-state index in [0.717, 1.165) is 32.2 Å². The van der Waals surface area contributed by atoms with Gasteiger partial charge in [-0.15, -0.1) is 0 Å². The van der Waals surface area contributed by atoms with Crippen LogP contribution in [0.5, 0.6) is 0 Å². The van der Waals surface area contributed by atoms with Crippen LogP contribution in [0.2, 0.25) is 0 Å². The Morgan fingerprint density at radius 1 is 1.00 bits per heavy atom. The lowest BCUT2D eigenvalue weighted by molar-refractivity contribution is -0.108. The molecule has 2 aromatic carbocycles. The highest BCUT2D eigenvalue weighted by molar-refractivity contribution is 9.10. The van der Waals surface area contributed by atoms with Gasteiger partial charge in [0.15, 0.2) is 0 Å². The van der Waals surface area contributed by atoms with Crippen molar-refractivity contribution in [1.29, 1.82) is 0 Å². The van der Waals surface area contributed by atoms with Gasteiger partial charge < -0.3 is 4.79 Å². The molecule has 2 aromatic rings. The molecule has 0 aliphatic heterocycles. The van der Waals surface area contributed by atoms with Gasteiger partial charge in [0.05, 0.1) is 4.83 Å². The average molecular weight is 400 g/mol. The summed E-state index contributed by atoms with van der Waals surface area (Å²) in [6.07, 6.45) is 3.29. The van der Waals surface area contributed by atoms with Crippen LogP contribution in [0.15, 0.2) is 60.7 Å². The predicted octanol–water partition coefficient (Wildman–Crippen LogP) is 5.07. The fraction of sp³-hybridized carbons (Fsp3) is 0.409. The summed E-state index contributed by atoms with van der Waals surface area (Å²) in [5.41, 5.74) is 2.70. The predicted molar refractivity (Wildman–Crippen MR) is 107 cm³/mol. The van der Waals surface area contributed by atoms with Gasteiger partial charge in [-0.2, -0.15) is 0 Å². The Morgan fingerprint density at radius 3 is 2.00 bits per heavy atom. The van der Waals surface area contributed by atoms with E-state index in [1.54, 1.807) is 0 Å². The van der Waals surface area contributed by atoms with Crippen LogP contribution in [-0.2, 0) is 17.9 Å². The Morgan fingerprint density at radius 2 is 1.52 bits per heavy atom. The van der Waals surface area contributed by atoms with Crippen LogP contribution in [0, 0.1) is 11.8 Å². The number of rotatable bonds is 7.